The molecule has 0 spiro atoms. The molecule has 0 saturated heterocycles. The van der Waals surface area contributed by atoms with Crippen LogP contribution in [0.4, 0.5) is 25.8 Å². The predicted octanol–water partition coefficient (Wildman–Crippen LogP) is 4.39. The molecule has 112 valence electrons. The van der Waals surface area contributed by atoms with Gasteiger partial charge in [-0.05, 0) is 44.5 Å². The number of nitrogens with two attached hydrogens (primary N) is 1. The predicted molar refractivity (Wildman–Crippen MR) is 81.0 cm³/mol. The lowest BCUT2D eigenvalue weighted by Gasteiger charge is -2.16. The lowest BCUT2D eigenvalue weighted by molar-refractivity contribution is 0.231. The molecule has 0 radical (unpaired) electrons. The van der Waals surface area contributed by atoms with Gasteiger partial charge >= 0.3 is 0 Å². The number of hydrogen-bond donors (Lipinski definition) is 2. The number of aryl methyl sites for hydroxylation is 1. The van der Waals surface area contributed by atoms with Gasteiger partial charge in [-0.3, -0.25) is 0 Å². The summed E-state index contributed by atoms with van der Waals surface area (Å²) in [5.74, 6) is -0.696. The standard InChI is InChI=1S/C16H18F2N2O/c1-9(2)21-16-8-15(13(19)7-12(16)18)20-14-5-4-11(17)6-10(14)3/h4-9,20H,19H2,1-3H3. The fourth-order valence-corrected chi connectivity index (χ4v) is 1.93. The number of anilines is 3. The van der Waals surface area contributed by atoms with Crippen molar-refractivity contribution in [3.63, 3.8) is 0 Å². The number of hydrogen-bond acceptors (Lipinski definition) is 3. The van der Waals surface area contributed by atoms with E-state index in [1.54, 1.807) is 13.0 Å². The monoisotopic (exact) mass is 292 g/mol. The van der Waals surface area contributed by atoms with Crippen LogP contribution in [0.1, 0.15) is 19.4 Å². The molecule has 0 amide bonds. The van der Waals surface area contributed by atoms with Crippen molar-refractivity contribution in [3.8, 4) is 5.75 Å². The second kappa shape index (κ2) is 5.99. The molecule has 21 heavy (non-hydrogen) atoms. The van der Waals surface area contributed by atoms with Crippen LogP contribution in [0.15, 0.2) is 30.3 Å². The molecular formula is C16H18F2N2O. The summed E-state index contributed by atoms with van der Waals surface area (Å²) in [5, 5.41) is 3.07. The summed E-state index contributed by atoms with van der Waals surface area (Å²) < 4.78 is 32.3. The van der Waals surface area contributed by atoms with Crippen LogP contribution in [-0.2, 0) is 0 Å². The molecule has 5 heteroatoms. The number of ether oxygens (including phenoxy) is 1. The zero-order valence-corrected chi connectivity index (χ0v) is 12.2. The zero-order valence-electron chi connectivity index (χ0n) is 12.2. The molecular weight excluding hydrogens is 274 g/mol. The summed E-state index contributed by atoms with van der Waals surface area (Å²) >= 11 is 0. The van der Waals surface area contributed by atoms with Crippen molar-refractivity contribution in [1.29, 1.82) is 0 Å². The van der Waals surface area contributed by atoms with E-state index in [0.29, 0.717) is 11.4 Å². The summed E-state index contributed by atoms with van der Waals surface area (Å²) in [5.41, 5.74) is 8.02. The quantitative estimate of drug-likeness (QED) is 0.822. The largest absolute Gasteiger partial charge is 0.488 e. The zero-order chi connectivity index (χ0) is 15.6. The van der Waals surface area contributed by atoms with Gasteiger partial charge in [0.25, 0.3) is 0 Å². The van der Waals surface area contributed by atoms with E-state index >= 15 is 0 Å². The summed E-state index contributed by atoms with van der Waals surface area (Å²) in [6.45, 7) is 5.40. The Morgan fingerprint density at radius 1 is 1.10 bits per heavy atom. The van der Waals surface area contributed by atoms with Crippen molar-refractivity contribution in [2.24, 2.45) is 0 Å². The average Bonchev–Trinajstić information content (AvgIpc) is 2.37. The molecule has 0 aliphatic carbocycles. The maximum absolute atomic E-state index is 13.8. The van der Waals surface area contributed by atoms with E-state index < -0.39 is 5.82 Å². The Bertz CT molecular complexity index is 657. The Labute approximate surface area is 122 Å². The minimum atomic E-state index is -0.512. The highest BCUT2D eigenvalue weighted by molar-refractivity contribution is 5.75. The van der Waals surface area contributed by atoms with Crippen molar-refractivity contribution in [3.05, 3.63) is 47.5 Å². The molecule has 0 fully saturated rings. The van der Waals surface area contributed by atoms with E-state index in [9.17, 15) is 8.78 Å². The van der Waals surface area contributed by atoms with Gasteiger partial charge in [-0.15, -0.1) is 0 Å². The first-order valence-electron chi connectivity index (χ1n) is 6.65. The third-order valence-electron chi connectivity index (χ3n) is 2.92. The molecule has 0 bridgehead atoms. The van der Waals surface area contributed by atoms with Crippen molar-refractivity contribution >= 4 is 17.1 Å². The van der Waals surface area contributed by atoms with Gasteiger partial charge in [-0.25, -0.2) is 8.78 Å². The van der Waals surface area contributed by atoms with Crippen LogP contribution >= 0.6 is 0 Å². The van der Waals surface area contributed by atoms with Gasteiger partial charge in [-0.1, -0.05) is 0 Å². The minimum Gasteiger partial charge on any atom is -0.488 e. The number of nitrogens with one attached hydrogen (secondary N) is 1. The molecule has 0 aliphatic rings. The molecule has 2 aromatic carbocycles. The molecule has 0 saturated carbocycles. The number of rotatable bonds is 4. The maximum Gasteiger partial charge on any atom is 0.167 e. The lowest BCUT2D eigenvalue weighted by atomic mass is 10.1. The number of halogens is 2. The summed E-state index contributed by atoms with van der Waals surface area (Å²) in [6, 6.07) is 7.08. The van der Waals surface area contributed by atoms with Gasteiger partial charge in [0.05, 0.1) is 17.5 Å². The Morgan fingerprint density at radius 2 is 1.81 bits per heavy atom. The van der Waals surface area contributed by atoms with E-state index in [4.69, 9.17) is 10.5 Å². The molecule has 0 aromatic heterocycles. The maximum atomic E-state index is 13.8. The first-order valence-corrected chi connectivity index (χ1v) is 6.65. The van der Waals surface area contributed by atoms with Crippen LogP contribution in [0.3, 0.4) is 0 Å². The Morgan fingerprint density at radius 3 is 2.43 bits per heavy atom. The fourth-order valence-electron chi connectivity index (χ4n) is 1.93. The second-order valence-corrected chi connectivity index (χ2v) is 5.12. The molecule has 0 heterocycles. The highest BCUT2D eigenvalue weighted by Crippen LogP contribution is 2.32. The topological polar surface area (TPSA) is 47.3 Å². The minimum absolute atomic E-state index is 0.126. The Kier molecular flexibility index (Phi) is 4.31. The number of benzene rings is 2. The third-order valence-corrected chi connectivity index (χ3v) is 2.92. The highest BCUT2D eigenvalue weighted by Gasteiger charge is 2.11. The second-order valence-electron chi connectivity index (χ2n) is 5.12. The Balaban J connectivity index is 2.34. The van der Waals surface area contributed by atoms with E-state index in [0.717, 1.165) is 5.56 Å². The lowest BCUT2D eigenvalue weighted by Crippen LogP contribution is -2.08. The first kappa shape index (κ1) is 15.1. The van der Waals surface area contributed by atoms with Gasteiger partial charge in [0.1, 0.15) is 5.82 Å². The molecule has 0 unspecified atom stereocenters. The Hall–Kier alpha value is -2.30. The van der Waals surface area contributed by atoms with Gasteiger partial charge in [0.2, 0.25) is 0 Å². The first-order chi connectivity index (χ1) is 9.86. The van der Waals surface area contributed by atoms with E-state index in [-0.39, 0.29) is 23.4 Å². The van der Waals surface area contributed by atoms with Crippen molar-refractivity contribution in [2.75, 3.05) is 11.1 Å². The van der Waals surface area contributed by atoms with Crippen LogP contribution in [0.25, 0.3) is 0 Å². The van der Waals surface area contributed by atoms with E-state index in [1.165, 1.54) is 24.3 Å². The van der Waals surface area contributed by atoms with Crippen molar-refractivity contribution in [2.45, 2.75) is 26.9 Å². The summed E-state index contributed by atoms with van der Waals surface area (Å²) in [6.07, 6.45) is -0.150. The molecule has 2 rings (SSSR count). The molecule has 0 atom stereocenters. The van der Waals surface area contributed by atoms with Crippen LogP contribution < -0.4 is 15.8 Å². The van der Waals surface area contributed by atoms with Gasteiger partial charge in [-0.2, -0.15) is 0 Å². The third kappa shape index (κ3) is 3.62. The van der Waals surface area contributed by atoms with Crippen LogP contribution in [-0.4, -0.2) is 6.10 Å². The smallest absolute Gasteiger partial charge is 0.167 e. The van der Waals surface area contributed by atoms with Gasteiger partial charge in [0.15, 0.2) is 11.6 Å². The average molecular weight is 292 g/mol. The van der Waals surface area contributed by atoms with Gasteiger partial charge < -0.3 is 15.8 Å². The SMILES string of the molecule is Cc1cc(F)ccc1Nc1cc(OC(C)C)c(F)cc1N. The fraction of sp³-hybridized carbons (Fsp3) is 0.250. The normalized spacial score (nSPS) is 10.8. The summed E-state index contributed by atoms with van der Waals surface area (Å²) in [4.78, 5) is 0. The van der Waals surface area contributed by atoms with Crippen LogP contribution in [0, 0.1) is 18.6 Å². The van der Waals surface area contributed by atoms with Crippen molar-refractivity contribution < 1.29 is 13.5 Å². The van der Waals surface area contributed by atoms with Crippen LogP contribution in [0.5, 0.6) is 5.75 Å². The molecule has 0 aliphatic heterocycles. The van der Waals surface area contributed by atoms with Gasteiger partial charge in [0, 0.05) is 17.8 Å². The van der Waals surface area contributed by atoms with E-state index in [1.807, 2.05) is 13.8 Å². The number of nitrogen functional groups attached to an aromatic ring is 1. The van der Waals surface area contributed by atoms with Crippen LogP contribution in [0.2, 0.25) is 0 Å². The van der Waals surface area contributed by atoms with E-state index in [2.05, 4.69) is 5.32 Å². The highest BCUT2D eigenvalue weighted by atomic mass is 19.1. The summed E-state index contributed by atoms with van der Waals surface area (Å²) in [7, 11) is 0. The molecule has 3 N–H and O–H groups in total. The van der Waals surface area contributed by atoms with Crippen molar-refractivity contribution in [1.82, 2.24) is 0 Å². The molecule has 2 aromatic rings. The molecule has 3 nitrogen and oxygen atoms in total.